The first-order valence-electron chi connectivity index (χ1n) is 1.40. The summed E-state index contributed by atoms with van der Waals surface area (Å²) in [6.07, 6.45) is 0. The average molecular weight is 92.1 g/mol. The van der Waals surface area contributed by atoms with E-state index >= 15 is 0 Å². The molecule has 0 aromatic carbocycles. The van der Waals surface area contributed by atoms with Crippen LogP contribution in [0, 0.1) is 0 Å². The van der Waals surface area contributed by atoms with E-state index in [4.69, 9.17) is 10.5 Å². The van der Waals surface area contributed by atoms with Crippen LogP contribution in [-0.2, 0) is 4.79 Å². The van der Waals surface area contributed by atoms with Crippen LogP contribution < -0.4 is 0 Å². The Morgan fingerprint density at radius 1 is 1.33 bits per heavy atom. The standard InChI is InChI=1S/C3H6O.H2O2/c1-3(2)4;1-2/h1-2H3;1-2H. The quantitative estimate of drug-likeness (QED) is 0.340. The minimum Gasteiger partial charge on any atom is -0.300 e. The van der Waals surface area contributed by atoms with Gasteiger partial charge in [0, 0.05) is 0 Å². The molecule has 0 aliphatic carbocycles. The van der Waals surface area contributed by atoms with Crippen LogP contribution in [0.1, 0.15) is 13.8 Å². The first kappa shape index (κ1) is 9.14. The van der Waals surface area contributed by atoms with Gasteiger partial charge >= 0.3 is 0 Å². The van der Waals surface area contributed by atoms with E-state index in [9.17, 15) is 4.79 Å². The topological polar surface area (TPSA) is 57.5 Å². The highest BCUT2D eigenvalue weighted by Gasteiger charge is 1.62. The molecular formula is C3H8O3. The molecule has 0 unspecified atom stereocenters. The van der Waals surface area contributed by atoms with Crippen molar-refractivity contribution in [3.8, 4) is 0 Å². The molecule has 38 valence electrons. The fourth-order valence-corrected chi connectivity index (χ4v) is 0. The molecule has 0 fully saturated rings. The Labute approximate surface area is 36.2 Å². The monoisotopic (exact) mass is 92.0 g/mol. The Hall–Kier alpha value is -0.410. The fraction of sp³-hybridized carbons (Fsp3) is 0.667. The predicted molar refractivity (Wildman–Crippen MR) is 21.6 cm³/mol. The van der Waals surface area contributed by atoms with E-state index in [0.717, 1.165) is 0 Å². The lowest BCUT2D eigenvalue weighted by molar-refractivity contribution is -0.176. The summed E-state index contributed by atoms with van der Waals surface area (Å²) < 4.78 is 0. The molecule has 0 saturated carbocycles. The van der Waals surface area contributed by atoms with Gasteiger partial charge in [-0.2, -0.15) is 0 Å². The van der Waals surface area contributed by atoms with Crippen molar-refractivity contribution in [2.45, 2.75) is 13.8 Å². The van der Waals surface area contributed by atoms with Gasteiger partial charge in [-0.05, 0) is 13.8 Å². The van der Waals surface area contributed by atoms with E-state index < -0.39 is 0 Å². The second-order valence-corrected chi connectivity index (χ2v) is 0.908. The molecule has 0 radical (unpaired) electrons. The summed E-state index contributed by atoms with van der Waals surface area (Å²) in [7, 11) is 0. The van der Waals surface area contributed by atoms with E-state index in [1.807, 2.05) is 0 Å². The third kappa shape index (κ3) is 143. The van der Waals surface area contributed by atoms with Gasteiger partial charge in [-0.15, -0.1) is 0 Å². The van der Waals surface area contributed by atoms with Crippen molar-refractivity contribution in [2.75, 3.05) is 0 Å². The van der Waals surface area contributed by atoms with Gasteiger partial charge < -0.3 is 4.79 Å². The Kier molecular flexibility index (Phi) is 13.4. The van der Waals surface area contributed by atoms with Crippen LogP contribution in [-0.4, -0.2) is 16.3 Å². The van der Waals surface area contributed by atoms with Gasteiger partial charge in [-0.1, -0.05) is 0 Å². The van der Waals surface area contributed by atoms with Gasteiger partial charge in [0.15, 0.2) is 0 Å². The number of carbonyl (C=O) groups excluding carboxylic acids is 1. The minimum absolute atomic E-state index is 0.167. The fourth-order valence-electron chi connectivity index (χ4n) is 0. The zero-order valence-corrected chi connectivity index (χ0v) is 3.80. The second kappa shape index (κ2) is 8.82. The third-order valence-corrected chi connectivity index (χ3v) is 0. The third-order valence-electron chi connectivity index (χ3n) is 0. The van der Waals surface area contributed by atoms with Crippen molar-refractivity contribution in [2.24, 2.45) is 0 Å². The molecule has 0 aliphatic heterocycles. The first-order valence-corrected chi connectivity index (χ1v) is 1.40. The maximum absolute atomic E-state index is 9.44. The van der Waals surface area contributed by atoms with Crippen LogP contribution in [0.25, 0.3) is 0 Å². The number of hydrogen-bond donors (Lipinski definition) is 2. The van der Waals surface area contributed by atoms with Gasteiger partial charge in [0.05, 0.1) is 0 Å². The largest absolute Gasteiger partial charge is 0.300 e. The van der Waals surface area contributed by atoms with Gasteiger partial charge in [0.25, 0.3) is 0 Å². The Bertz CT molecular complexity index is 29.0. The van der Waals surface area contributed by atoms with E-state index in [0.29, 0.717) is 0 Å². The maximum Gasteiger partial charge on any atom is 0.126 e. The van der Waals surface area contributed by atoms with E-state index in [-0.39, 0.29) is 5.78 Å². The van der Waals surface area contributed by atoms with Crippen molar-refractivity contribution in [3.05, 3.63) is 0 Å². The Morgan fingerprint density at radius 3 is 1.33 bits per heavy atom. The minimum atomic E-state index is 0.167. The predicted octanol–water partition coefficient (Wildman–Crippen LogP) is 0.613. The lowest BCUT2D eigenvalue weighted by Gasteiger charge is -1.56. The Morgan fingerprint density at radius 2 is 1.33 bits per heavy atom. The molecular weight excluding hydrogens is 84.0 g/mol. The summed E-state index contributed by atoms with van der Waals surface area (Å²) in [5.74, 6) is 0.167. The highest BCUT2D eigenvalue weighted by Crippen LogP contribution is 1.50. The van der Waals surface area contributed by atoms with Crippen LogP contribution in [0.2, 0.25) is 0 Å². The van der Waals surface area contributed by atoms with Crippen LogP contribution in [0.15, 0.2) is 0 Å². The number of ketones is 1. The van der Waals surface area contributed by atoms with Crippen LogP contribution in [0.3, 0.4) is 0 Å². The van der Waals surface area contributed by atoms with Crippen molar-refractivity contribution in [1.82, 2.24) is 0 Å². The summed E-state index contributed by atoms with van der Waals surface area (Å²) in [5, 5.41) is 12.0. The molecule has 3 heteroatoms. The summed E-state index contributed by atoms with van der Waals surface area (Å²) >= 11 is 0. The van der Waals surface area contributed by atoms with Gasteiger partial charge in [0.2, 0.25) is 0 Å². The van der Waals surface area contributed by atoms with Crippen LogP contribution in [0.5, 0.6) is 0 Å². The van der Waals surface area contributed by atoms with Crippen molar-refractivity contribution in [1.29, 1.82) is 0 Å². The van der Waals surface area contributed by atoms with E-state index in [2.05, 4.69) is 0 Å². The van der Waals surface area contributed by atoms with E-state index in [1.54, 1.807) is 0 Å². The summed E-state index contributed by atoms with van der Waals surface area (Å²) in [5.41, 5.74) is 0. The summed E-state index contributed by atoms with van der Waals surface area (Å²) in [4.78, 5) is 9.44. The molecule has 0 rings (SSSR count). The lowest BCUT2D eigenvalue weighted by Crippen LogP contribution is -1.69. The van der Waals surface area contributed by atoms with Crippen LogP contribution in [0.4, 0.5) is 0 Å². The molecule has 0 amide bonds. The molecule has 0 aromatic heterocycles. The average Bonchev–Trinajstić information content (AvgIpc) is 1.41. The number of rotatable bonds is 0. The molecule has 3 nitrogen and oxygen atoms in total. The van der Waals surface area contributed by atoms with Gasteiger partial charge in [-0.3, -0.25) is 10.5 Å². The summed E-state index contributed by atoms with van der Waals surface area (Å²) in [6.45, 7) is 3.06. The number of Topliss-reactive ketones (excluding diaryl/α,β-unsaturated/α-hetero) is 1. The molecule has 6 heavy (non-hydrogen) atoms. The van der Waals surface area contributed by atoms with Crippen molar-refractivity contribution in [3.63, 3.8) is 0 Å². The molecule has 0 spiro atoms. The maximum atomic E-state index is 9.44. The highest BCUT2D eigenvalue weighted by molar-refractivity contribution is 5.72. The normalized spacial score (nSPS) is 5.33. The highest BCUT2D eigenvalue weighted by atomic mass is 17.0. The SMILES string of the molecule is CC(C)=O.OO. The molecule has 0 aliphatic rings. The zero-order valence-electron chi connectivity index (χ0n) is 3.80. The van der Waals surface area contributed by atoms with Gasteiger partial charge in [-0.25, -0.2) is 0 Å². The number of carbonyl (C=O) groups is 1. The second-order valence-electron chi connectivity index (χ2n) is 0.908. The Balaban J connectivity index is 0. The lowest BCUT2D eigenvalue weighted by atomic mass is 10.6. The van der Waals surface area contributed by atoms with Crippen molar-refractivity contribution >= 4 is 5.78 Å². The summed E-state index contributed by atoms with van der Waals surface area (Å²) in [6, 6.07) is 0. The first-order chi connectivity index (χ1) is 2.73. The molecule has 0 aromatic rings. The number of hydrogen-bond acceptors (Lipinski definition) is 3. The van der Waals surface area contributed by atoms with Crippen LogP contribution >= 0.6 is 0 Å². The smallest absolute Gasteiger partial charge is 0.126 e. The molecule has 0 saturated heterocycles. The molecule has 0 bridgehead atoms. The van der Waals surface area contributed by atoms with Crippen molar-refractivity contribution < 1.29 is 15.3 Å². The molecule has 2 N–H and O–H groups in total. The van der Waals surface area contributed by atoms with E-state index in [1.165, 1.54) is 13.8 Å². The molecule has 0 heterocycles. The van der Waals surface area contributed by atoms with Gasteiger partial charge in [0.1, 0.15) is 5.78 Å². The molecule has 0 atom stereocenters. The zero-order chi connectivity index (χ0) is 5.58.